The second kappa shape index (κ2) is 11.8. The van der Waals surface area contributed by atoms with Gasteiger partial charge in [0.2, 0.25) is 0 Å². The van der Waals surface area contributed by atoms with Crippen molar-refractivity contribution in [2.75, 3.05) is 39.4 Å². The zero-order valence-corrected chi connectivity index (χ0v) is 16.5. The summed E-state index contributed by atoms with van der Waals surface area (Å²) in [4.78, 5) is 39.1. The molecule has 1 aliphatic rings. The number of carboxylic acids is 1. The van der Waals surface area contributed by atoms with Gasteiger partial charge < -0.3 is 41.0 Å². The number of carbonyl (C=O) groups excluding carboxylic acids is 2. The topological polar surface area (TPSA) is 171 Å². The van der Waals surface area contributed by atoms with Crippen LogP contribution >= 0.6 is 0 Å². The van der Waals surface area contributed by atoms with Gasteiger partial charge in [-0.05, 0) is 12.1 Å². The average molecular weight is 433 g/mol. The van der Waals surface area contributed by atoms with E-state index in [0.29, 0.717) is 24.9 Å². The van der Waals surface area contributed by atoms with Crippen LogP contribution in [0.2, 0.25) is 0 Å². The summed E-state index contributed by atoms with van der Waals surface area (Å²) < 4.78 is 10.0. The van der Waals surface area contributed by atoms with Crippen molar-refractivity contribution in [2.24, 2.45) is 4.99 Å². The van der Waals surface area contributed by atoms with Crippen LogP contribution < -0.4 is 26.0 Å². The summed E-state index contributed by atoms with van der Waals surface area (Å²) in [6.07, 6.45) is 3.91. The third kappa shape index (κ3) is 7.65. The molecule has 31 heavy (non-hydrogen) atoms. The van der Waals surface area contributed by atoms with Crippen molar-refractivity contribution in [2.45, 2.75) is 6.04 Å². The minimum atomic E-state index is -1.45. The number of phenolic OH excluding ortho intramolecular Hbond substituents is 1. The highest BCUT2D eigenvalue weighted by atomic mass is 16.5. The molecule has 6 N–H and O–H groups in total. The third-order valence-corrected chi connectivity index (χ3v) is 3.89. The fraction of sp³-hybridized carbons (Fsp3) is 0.368. The van der Waals surface area contributed by atoms with E-state index in [2.05, 4.69) is 36.9 Å². The molecule has 1 atom stereocenters. The summed E-state index contributed by atoms with van der Waals surface area (Å²) in [5.41, 5.74) is -0.0889. The number of nitrogens with zero attached hydrogens (tertiary/aromatic N) is 1. The van der Waals surface area contributed by atoms with Crippen LogP contribution in [0.1, 0.15) is 10.4 Å². The number of amides is 2. The predicted octanol–water partition coefficient (Wildman–Crippen LogP) is -1.14. The maximum atomic E-state index is 12.3. The predicted molar refractivity (Wildman–Crippen MR) is 109 cm³/mol. The van der Waals surface area contributed by atoms with Gasteiger partial charge in [0, 0.05) is 19.2 Å². The first-order valence-corrected chi connectivity index (χ1v) is 9.26. The number of nitrogens with one attached hydrogen (secondary N) is 4. The lowest BCUT2D eigenvalue weighted by Crippen LogP contribution is -2.48. The molecule has 0 fully saturated rings. The van der Waals surface area contributed by atoms with Crippen molar-refractivity contribution in [1.29, 1.82) is 0 Å². The Bertz CT molecular complexity index is 881. The van der Waals surface area contributed by atoms with Crippen LogP contribution in [-0.2, 0) is 9.53 Å². The highest BCUT2D eigenvalue weighted by molar-refractivity contribution is 5.97. The first-order chi connectivity index (χ1) is 14.9. The summed E-state index contributed by atoms with van der Waals surface area (Å²) in [5.74, 6) is 0.639. The van der Waals surface area contributed by atoms with Crippen LogP contribution in [0.15, 0.2) is 23.2 Å². The number of carbonyl (C=O) groups is 3. The number of rotatable bonds is 10. The first kappa shape index (κ1) is 23.1. The Kier molecular flexibility index (Phi) is 8.78. The molecule has 0 unspecified atom stereocenters. The SMILES string of the molecule is C#CCOC(=O)N[C@@H](CNC(=O)c1ccc(OCCNC2=NCCN2)cc1O)C(=O)O. The van der Waals surface area contributed by atoms with Crippen molar-refractivity contribution >= 4 is 23.9 Å². The fourth-order valence-electron chi connectivity index (χ4n) is 2.43. The average Bonchev–Trinajstić information content (AvgIpc) is 3.26. The molecular formula is C19H23N5O7. The Morgan fingerprint density at radius 2 is 2.16 bits per heavy atom. The third-order valence-electron chi connectivity index (χ3n) is 3.89. The van der Waals surface area contributed by atoms with E-state index in [9.17, 15) is 19.5 Å². The monoisotopic (exact) mass is 433 g/mol. The number of hydrogen-bond donors (Lipinski definition) is 6. The molecule has 1 heterocycles. The van der Waals surface area contributed by atoms with Gasteiger partial charge in [-0.15, -0.1) is 6.42 Å². The van der Waals surface area contributed by atoms with E-state index >= 15 is 0 Å². The zero-order valence-electron chi connectivity index (χ0n) is 16.5. The van der Waals surface area contributed by atoms with Crippen LogP contribution in [0.4, 0.5) is 4.79 Å². The summed E-state index contributed by atoms with van der Waals surface area (Å²) in [5, 5.41) is 29.7. The lowest BCUT2D eigenvalue weighted by molar-refractivity contribution is -0.139. The molecule has 12 nitrogen and oxygen atoms in total. The van der Waals surface area contributed by atoms with Crippen molar-refractivity contribution in [3.05, 3.63) is 23.8 Å². The number of guanidine groups is 1. The molecule has 166 valence electrons. The van der Waals surface area contributed by atoms with Gasteiger partial charge in [0.15, 0.2) is 12.6 Å². The Balaban J connectivity index is 1.82. The van der Waals surface area contributed by atoms with Gasteiger partial charge in [0.1, 0.15) is 24.1 Å². The minimum absolute atomic E-state index is 0.0889. The number of ether oxygens (including phenoxy) is 2. The van der Waals surface area contributed by atoms with E-state index in [0.717, 1.165) is 13.1 Å². The van der Waals surface area contributed by atoms with Gasteiger partial charge in [-0.1, -0.05) is 5.92 Å². The summed E-state index contributed by atoms with van der Waals surface area (Å²) in [7, 11) is 0. The van der Waals surface area contributed by atoms with Gasteiger partial charge in [-0.2, -0.15) is 0 Å². The van der Waals surface area contributed by atoms with Crippen molar-refractivity contribution in [3.63, 3.8) is 0 Å². The van der Waals surface area contributed by atoms with Crippen molar-refractivity contribution < 1.29 is 34.1 Å². The summed E-state index contributed by atoms with van der Waals surface area (Å²) >= 11 is 0. The van der Waals surface area contributed by atoms with Crippen LogP contribution in [0, 0.1) is 12.3 Å². The van der Waals surface area contributed by atoms with E-state index in [4.69, 9.17) is 16.3 Å². The lowest BCUT2D eigenvalue weighted by atomic mass is 10.1. The van der Waals surface area contributed by atoms with Crippen LogP contribution in [-0.4, -0.2) is 79.6 Å². The number of phenols is 1. The molecule has 0 radical (unpaired) electrons. The van der Waals surface area contributed by atoms with Crippen LogP contribution in [0.5, 0.6) is 11.5 Å². The minimum Gasteiger partial charge on any atom is -0.507 e. The Morgan fingerprint density at radius 1 is 1.35 bits per heavy atom. The van der Waals surface area contributed by atoms with Gasteiger partial charge in [-0.3, -0.25) is 9.79 Å². The van der Waals surface area contributed by atoms with E-state index in [-0.39, 0.29) is 17.9 Å². The molecule has 0 bridgehead atoms. The lowest BCUT2D eigenvalue weighted by Gasteiger charge is -2.15. The molecule has 2 rings (SSSR count). The summed E-state index contributed by atoms with van der Waals surface area (Å²) in [6.45, 7) is 1.53. The molecule has 0 aliphatic carbocycles. The van der Waals surface area contributed by atoms with Gasteiger partial charge in [0.05, 0.1) is 18.7 Å². The highest BCUT2D eigenvalue weighted by Gasteiger charge is 2.22. The molecule has 0 saturated carbocycles. The maximum absolute atomic E-state index is 12.3. The van der Waals surface area contributed by atoms with E-state index in [1.807, 2.05) is 0 Å². The smallest absolute Gasteiger partial charge is 0.408 e. The number of hydrogen-bond acceptors (Lipinski definition) is 9. The number of carboxylic acid groups (broad SMARTS) is 1. The maximum Gasteiger partial charge on any atom is 0.408 e. The number of aliphatic carboxylic acids is 1. The quantitative estimate of drug-likeness (QED) is 0.197. The fourth-order valence-corrected chi connectivity index (χ4v) is 2.43. The molecular weight excluding hydrogens is 410 g/mol. The molecule has 1 aromatic carbocycles. The largest absolute Gasteiger partial charge is 0.507 e. The van der Waals surface area contributed by atoms with Crippen molar-refractivity contribution in [3.8, 4) is 23.8 Å². The second-order valence-electron chi connectivity index (χ2n) is 6.14. The van der Waals surface area contributed by atoms with E-state index in [1.54, 1.807) is 0 Å². The van der Waals surface area contributed by atoms with Crippen LogP contribution in [0.25, 0.3) is 0 Å². The number of terminal acetylenes is 1. The van der Waals surface area contributed by atoms with Crippen molar-refractivity contribution in [1.82, 2.24) is 21.3 Å². The van der Waals surface area contributed by atoms with E-state index in [1.165, 1.54) is 18.2 Å². The zero-order chi connectivity index (χ0) is 22.6. The Morgan fingerprint density at radius 3 is 2.81 bits per heavy atom. The molecule has 1 aliphatic heterocycles. The molecule has 0 aromatic heterocycles. The number of aliphatic imine (C=N–C) groups is 1. The summed E-state index contributed by atoms with van der Waals surface area (Å²) in [6, 6.07) is 2.64. The standard InChI is InChI=1S/C19H23N5O7/c1-2-8-31-19(29)24-14(17(27)28)11-23-16(26)13-4-3-12(10-15(13)25)30-9-7-22-18-20-5-6-21-18/h1,3-4,10,14,25H,5-9,11H2,(H,23,26)(H,24,29)(H,27,28)(H2,20,21,22)/t14-/m0/s1. The molecule has 1 aromatic rings. The molecule has 12 heteroatoms. The molecule has 2 amide bonds. The van der Waals surface area contributed by atoms with Gasteiger partial charge in [0.25, 0.3) is 5.91 Å². The number of aromatic hydroxyl groups is 1. The van der Waals surface area contributed by atoms with Gasteiger partial charge >= 0.3 is 12.1 Å². The normalized spacial score (nSPS) is 13.1. The number of alkyl carbamates (subject to hydrolysis) is 1. The first-order valence-electron chi connectivity index (χ1n) is 9.26. The highest BCUT2D eigenvalue weighted by Crippen LogP contribution is 2.23. The number of benzene rings is 1. The molecule has 0 spiro atoms. The van der Waals surface area contributed by atoms with Gasteiger partial charge in [-0.25, -0.2) is 9.59 Å². The second-order valence-corrected chi connectivity index (χ2v) is 6.14. The van der Waals surface area contributed by atoms with E-state index < -0.39 is 30.6 Å². The molecule has 0 saturated heterocycles. The Hall–Kier alpha value is -4.14. The Labute approximate surface area is 178 Å². The van der Waals surface area contributed by atoms with Crippen LogP contribution in [0.3, 0.4) is 0 Å².